The SMILES string of the molecule is CCn1cc(CC(CBr)(CBr)c2ccc(C)cc2)cn1. The van der Waals surface area contributed by atoms with Crippen molar-refractivity contribution in [2.45, 2.75) is 32.2 Å². The predicted octanol–water partition coefficient (Wildman–Crippen LogP) is 4.48. The Morgan fingerprint density at radius 2 is 1.80 bits per heavy atom. The summed E-state index contributed by atoms with van der Waals surface area (Å²) in [6.07, 6.45) is 5.11. The van der Waals surface area contributed by atoms with E-state index >= 15 is 0 Å². The highest BCUT2D eigenvalue weighted by molar-refractivity contribution is 9.09. The smallest absolute Gasteiger partial charge is 0.0522 e. The fourth-order valence-corrected chi connectivity index (χ4v) is 4.33. The molecule has 0 spiro atoms. The largest absolute Gasteiger partial charge is 0.273 e. The molecule has 20 heavy (non-hydrogen) atoms. The van der Waals surface area contributed by atoms with Crippen molar-refractivity contribution >= 4 is 31.9 Å². The average molecular weight is 400 g/mol. The summed E-state index contributed by atoms with van der Waals surface area (Å²) in [5.74, 6) is 0. The van der Waals surface area contributed by atoms with E-state index in [0.717, 1.165) is 23.6 Å². The number of hydrogen-bond acceptors (Lipinski definition) is 1. The van der Waals surface area contributed by atoms with Crippen LogP contribution >= 0.6 is 31.9 Å². The van der Waals surface area contributed by atoms with Gasteiger partial charge >= 0.3 is 0 Å². The molecule has 4 heteroatoms. The summed E-state index contributed by atoms with van der Waals surface area (Å²) < 4.78 is 1.98. The minimum atomic E-state index is 0.0648. The number of hydrogen-bond donors (Lipinski definition) is 0. The Morgan fingerprint density at radius 1 is 1.15 bits per heavy atom. The van der Waals surface area contributed by atoms with E-state index in [4.69, 9.17) is 0 Å². The molecule has 0 aliphatic carbocycles. The quantitative estimate of drug-likeness (QED) is 0.654. The van der Waals surface area contributed by atoms with Crippen molar-refractivity contribution in [1.82, 2.24) is 9.78 Å². The first-order valence-electron chi connectivity index (χ1n) is 6.84. The number of aromatic nitrogens is 2. The molecule has 0 saturated heterocycles. The normalized spacial score (nSPS) is 11.8. The molecule has 0 unspecified atom stereocenters. The van der Waals surface area contributed by atoms with Crippen LogP contribution in [0.2, 0.25) is 0 Å². The van der Waals surface area contributed by atoms with Crippen LogP contribution in [-0.2, 0) is 18.4 Å². The molecule has 0 atom stereocenters. The zero-order valence-corrected chi connectivity index (χ0v) is 15.1. The first-order valence-corrected chi connectivity index (χ1v) is 9.08. The second-order valence-electron chi connectivity index (χ2n) is 5.29. The van der Waals surface area contributed by atoms with Crippen LogP contribution in [0.5, 0.6) is 0 Å². The van der Waals surface area contributed by atoms with Gasteiger partial charge in [0.2, 0.25) is 0 Å². The van der Waals surface area contributed by atoms with Crippen molar-refractivity contribution in [2.75, 3.05) is 10.7 Å². The van der Waals surface area contributed by atoms with Gasteiger partial charge in [-0.3, -0.25) is 4.68 Å². The highest BCUT2D eigenvalue weighted by atomic mass is 79.9. The van der Waals surface area contributed by atoms with Crippen molar-refractivity contribution in [1.29, 1.82) is 0 Å². The van der Waals surface area contributed by atoms with Gasteiger partial charge in [0.1, 0.15) is 0 Å². The van der Waals surface area contributed by atoms with Gasteiger partial charge in [-0.15, -0.1) is 0 Å². The first kappa shape index (κ1) is 15.8. The maximum Gasteiger partial charge on any atom is 0.0522 e. The van der Waals surface area contributed by atoms with Crippen LogP contribution in [-0.4, -0.2) is 20.4 Å². The van der Waals surface area contributed by atoms with Gasteiger partial charge in [0.15, 0.2) is 0 Å². The second-order valence-corrected chi connectivity index (χ2v) is 6.42. The van der Waals surface area contributed by atoms with Gasteiger partial charge in [-0.25, -0.2) is 0 Å². The maximum atomic E-state index is 4.38. The molecule has 2 aromatic rings. The molecule has 0 fully saturated rings. The third-order valence-corrected chi connectivity index (χ3v) is 5.88. The number of alkyl halides is 2. The molecule has 1 heterocycles. The highest BCUT2D eigenvalue weighted by Crippen LogP contribution is 2.33. The molecule has 2 nitrogen and oxygen atoms in total. The van der Waals surface area contributed by atoms with E-state index in [9.17, 15) is 0 Å². The lowest BCUT2D eigenvalue weighted by Crippen LogP contribution is -2.32. The van der Waals surface area contributed by atoms with Gasteiger partial charge < -0.3 is 0 Å². The van der Waals surface area contributed by atoms with Gasteiger partial charge in [0, 0.05) is 28.8 Å². The molecule has 0 saturated carbocycles. The Kier molecular flexibility index (Phi) is 5.44. The Labute approximate surface area is 137 Å². The summed E-state index contributed by atoms with van der Waals surface area (Å²) in [5.41, 5.74) is 4.01. The monoisotopic (exact) mass is 398 g/mol. The lowest BCUT2D eigenvalue weighted by Gasteiger charge is -2.30. The van der Waals surface area contributed by atoms with Crippen molar-refractivity contribution in [3.8, 4) is 0 Å². The molecule has 108 valence electrons. The summed E-state index contributed by atoms with van der Waals surface area (Å²) in [6, 6.07) is 8.85. The standard InChI is InChI=1S/C16H20Br2N2/c1-3-20-10-14(9-19-20)8-16(11-17,12-18)15-6-4-13(2)5-7-15/h4-7,9-10H,3,8,11-12H2,1-2H3. The zero-order valence-electron chi connectivity index (χ0n) is 11.9. The van der Waals surface area contributed by atoms with Gasteiger partial charge in [-0.05, 0) is 31.4 Å². The van der Waals surface area contributed by atoms with Gasteiger partial charge in [0.25, 0.3) is 0 Å². The number of nitrogens with zero attached hydrogens (tertiary/aromatic N) is 2. The van der Waals surface area contributed by atoms with Crippen molar-refractivity contribution in [2.24, 2.45) is 0 Å². The van der Waals surface area contributed by atoms with Gasteiger partial charge in [0.05, 0.1) is 6.20 Å². The molecule has 0 aliphatic heterocycles. The summed E-state index contributed by atoms with van der Waals surface area (Å²) in [4.78, 5) is 0. The summed E-state index contributed by atoms with van der Waals surface area (Å²) in [6.45, 7) is 5.15. The minimum absolute atomic E-state index is 0.0648. The third kappa shape index (κ3) is 3.34. The van der Waals surface area contributed by atoms with E-state index in [1.54, 1.807) is 0 Å². The summed E-state index contributed by atoms with van der Waals surface area (Å²) in [7, 11) is 0. The number of halogens is 2. The van der Waals surface area contributed by atoms with Gasteiger partial charge in [-0.2, -0.15) is 5.10 Å². The van der Waals surface area contributed by atoms with E-state index in [1.165, 1.54) is 16.7 Å². The Bertz CT molecular complexity index is 542. The fourth-order valence-electron chi connectivity index (χ4n) is 2.36. The predicted molar refractivity (Wildman–Crippen MR) is 92.1 cm³/mol. The van der Waals surface area contributed by atoms with Crippen LogP contribution in [0.25, 0.3) is 0 Å². The van der Waals surface area contributed by atoms with Crippen LogP contribution < -0.4 is 0 Å². The molecule has 0 bridgehead atoms. The Hall–Kier alpha value is -0.610. The number of benzene rings is 1. The molecule has 1 aromatic carbocycles. The minimum Gasteiger partial charge on any atom is -0.273 e. The Balaban J connectivity index is 2.31. The molecule has 0 aliphatic rings. The Morgan fingerprint density at radius 3 is 2.30 bits per heavy atom. The van der Waals surface area contributed by atoms with Crippen LogP contribution in [0.15, 0.2) is 36.7 Å². The van der Waals surface area contributed by atoms with Crippen molar-refractivity contribution in [3.05, 3.63) is 53.3 Å². The molecule has 0 radical (unpaired) electrons. The van der Waals surface area contributed by atoms with E-state index in [2.05, 4.69) is 81.3 Å². The van der Waals surface area contributed by atoms with E-state index in [1.807, 2.05) is 10.9 Å². The molecule has 0 N–H and O–H groups in total. The fraction of sp³-hybridized carbons (Fsp3) is 0.438. The molecule has 0 amide bonds. The average Bonchev–Trinajstić information content (AvgIpc) is 2.93. The maximum absolute atomic E-state index is 4.38. The van der Waals surface area contributed by atoms with E-state index in [0.29, 0.717) is 0 Å². The van der Waals surface area contributed by atoms with E-state index in [-0.39, 0.29) is 5.41 Å². The van der Waals surface area contributed by atoms with Crippen LogP contribution in [0.4, 0.5) is 0 Å². The number of rotatable bonds is 6. The second kappa shape index (κ2) is 6.90. The molecule has 2 rings (SSSR count). The molecular weight excluding hydrogens is 380 g/mol. The van der Waals surface area contributed by atoms with Crippen LogP contribution in [0.3, 0.4) is 0 Å². The topological polar surface area (TPSA) is 17.8 Å². The van der Waals surface area contributed by atoms with Crippen molar-refractivity contribution < 1.29 is 0 Å². The van der Waals surface area contributed by atoms with Crippen molar-refractivity contribution in [3.63, 3.8) is 0 Å². The summed E-state index contributed by atoms with van der Waals surface area (Å²) >= 11 is 7.43. The lowest BCUT2D eigenvalue weighted by molar-refractivity contribution is 0.550. The van der Waals surface area contributed by atoms with Crippen LogP contribution in [0, 0.1) is 6.92 Å². The lowest BCUT2D eigenvalue weighted by atomic mass is 9.79. The first-order chi connectivity index (χ1) is 9.63. The molecular formula is C16H20Br2N2. The third-order valence-electron chi connectivity index (χ3n) is 3.73. The zero-order chi connectivity index (χ0) is 14.6. The summed E-state index contributed by atoms with van der Waals surface area (Å²) in [5, 5.41) is 6.23. The highest BCUT2D eigenvalue weighted by Gasteiger charge is 2.30. The van der Waals surface area contributed by atoms with E-state index < -0.39 is 0 Å². The molecule has 1 aromatic heterocycles. The van der Waals surface area contributed by atoms with Crippen LogP contribution in [0.1, 0.15) is 23.6 Å². The number of aryl methyl sites for hydroxylation is 2. The van der Waals surface area contributed by atoms with Gasteiger partial charge in [-0.1, -0.05) is 61.7 Å².